The van der Waals surface area contributed by atoms with Gasteiger partial charge < -0.3 is 29.9 Å². The topological polar surface area (TPSA) is 124 Å². The number of fused-ring (bicyclic) bond motifs is 3. The molecule has 5 rings (SSSR count). The van der Waals surface area contributed by atoms with Gasteiger partial charge in [-0.25, -0.2) is 25.0 Å². The summed E-state index contributed by atoms with van der Waals surface area (Å²) in [6, 6.07) is 8.01. The van der Waals surface area contributed by atoms with E-state index in [2.05, 4.69) is 76.0 Å². The van der Waals surface area contributed by atoms with E-state index < -0.39 is 17.7 Å². The van der Waals surface area contributed by atoms with Gasteiger partial charge in [0.1, 0.15) is 11.3 Å². The lowest BCUT2D eigenvalue weighted by Crippen LogP contribution is -2.44. The number of aromatic nitrogens is 2. The number of ether oxygens (including phenoxy) is 2. The summed E-state index contributed by atoms with van der Waals surface area (Å²) in [6.07, 6.45) is 2.04. The molecular weight excluding hydrogens is 560 g/mol. The molecule has 0 radical (unpaired) electrons. The second kappa shape index (κ2) is 12.6. The van der Waals surface area contributed by atoms with Crippen LogP contribution in [0.3, 0.4) is 0 Å². The molecule has 1 amide bonds. The van der Waals surface area contributed by atoms with Gasteiger partial charge in [0, 0.05) is 50.3 Å². The van der Waals surface area contributed by atoms with E-state index in [1.165, 1.54) is 5.69 Å². The predicted octanol–water partition coefficient (Wildman–Crippen LogP) is 3.76. The molecule has 1 saturated heterocycles. The highest BCUT2D eigenvalue weighted by Crippen LogP contribution is 2.49. The number of carbonyl (C=O) groups is 2. The Labute approximate surface area is 260 Å². The van der Waals surface area contributed by atoms with E-state index in [0.717, 1.165) is 48.7 Å². The summed E-state index contributed by atoms with van der Waals surface area (Å²) in [4.78, 5) is 39.9. The summed E-state index contributed by atoms with van der Waals surface area (Å²) < 4.78 is 10.9. The number of hydrogen-bond acceptors (Lipinski definition) is 11. The molecule has 1 fully saturated rings. The highest BCUT2D eigenvalue weighted by Gasteiger charge is 2.48. The number of anilines is 3. The lowest BCUT2D eigenvalue weighted by atomic mass is 9.69. The Kier molecular flexibility index (Phi) is 9.03. The molecule has 1 aliphatic carbocycles. The van der Waals surface area contributed by atoms with Crippen LogP contribution in [-0.4, -0.2) is 90.5 Å². The molecule has 1 atom stereocenters. The highest BCUT2D eigenvalue weighted by atomic mass is 16.6. The minimum Gasteiger partial charge on any atom is -0.461 e. The fourth-order valence-corrected chi connectivity index (χ4v) is 6.04. The van der Waals surface area contributed by atoms with Crippen LogP contribution in [0.15, 0.2) is 41.7 Å². The summed E-state index contributed by atoms with van der Waals surface area (Å²) >= 11 is 0. The van der Waals surface area contributed by atoms with Crippen molar-refractivity contribution in [1.82, 2.24) is 30.6 Å². The largest absolute Gasteiger partial charge is 0.461 e. The van der Waals surface area contributed by atoms with Crippen LogP contribution in [0.25, 0.3) is 0 Å². The SMILES string of the molecule is CCOC(=O)C1=C2C(NN1CCNC(=O)OC(C)(C)C)c1nc(Nc3ccc(N4CCN(C)CC4)cc3)ncc1CC2(C)C. The van der Waals surface area contributed by atoms with Gasteiger partial charge >= 0.3 is 12.1 Å². The quantitative estimate of drug-likeness (QED) is 0.381. The van der Waals surface area contributed by atoms with Gasteiger partial charge in [0.25, 0.3) is 0 Å². The van der Waals surface area contributed by atoms with Gasteiger partial charge in [-0.3, -0.25) is 5.01 Å². The molecule has 2 aliphatic heterocycles. The van der Waals surface area contributed by atoms with E-state index in [1.807, 2.05) is 27.0 Å². The van der Waals surface area contributed by atoms with E-state index >= 15 is 0 Å². The maximum absolute atomic E-state index is 13.3. The molecule has 0 spiro atoms. The van der Waals surface area contributed by atoms with Crippen LogP contribution in [0.1, 0.15) is 58.8 Å². The van der Waals surface area contributed by atoms with Crippen molar-refractivity contribution in [2.24, 2.45) is 5.41 Å². The second-order valence-corrected chi connectivity index (χ2v) is 13.3. The maximum atomic E-state index is 13.3. The summed E-state index contributed by atoms with van der Waals surface area (Å²) in [6.45, 7) is 16.5. The van der Waals surface area contributed by atoms with E-state index in [9.17, 15) is 9.59 Å². The third kappa shape index (κ3) is 7.07. The molecular formula is C32H46N8O4. The number of alkyl carbamates (subject to hydrolysis) is 1. The third-order valence-corrected chi connectivity index (χ3v) is 8.10. The Bertz CT molecular complexity index is 1390. The molecule has 44 heavy (non-hydrogen) atoms. The van der Waals surface area contributed by atoms with Gasteiger partial charge in [-0.15, -0.1) is 0 Å². The van der Waals surface area contributed by atoms with Crippen LogP contribution in [0.2, 0.25) is 0 Å². The van der Waals surface area contributed by atoms with Crippen molar-refractivity contribution < 1.29 is 19.1 Å². The first-order valence-electron chi connectivity index (χ1n) is 15.4. The molecule has 3 heterocycles. The Hall–Kier alpha value is -3.90. The second-order valence-electron chi connectivity index (χ2n) is 13.3. The Morgan fingerprint density at radius 2 is 1.82 bits per heavy atom. The minimum absolute atomic E-state index is 0.255. The zero-order chi connectivity index (χ0) is 31.6. The maximum Gasteiger partial charge on any atom is 0.407 e. The molecule has 0 bridgehead atoms. The minimum atomic E-state index is -0.602. The van der Waals surface area contributed by atoms with Gasteiger partial charge in [-0.2, -0.15) is 0 Å². The van der Waals surface area contributed by atoms with E-state index in [0.29, 0.717) is 24.6 Å². The van der Waals surface area contributed by atoms with Crippen molar-refractivity contribution in [3.8, 4) is 0 Å². The number of carbonyl (C=O) groups excluding carboxylic acids is 2. The fourth-order valence-electron chi connectivity index (χ4n) is 6.04. The van der Waals surface area contributed by atoms with Crippen molar-refractivity contribution in [3.05, 3.63) is 53.0 Å². The molecule has 238 valence electrons. The number of hydrazine groups is 1. The van der Waals surface area contributed by atoms with Crippen LogP contribution < -0.4 is 21.0 Å². The van der Waals surface area contributed by atoms with Crippen LogP contribution in [0.4, 0.5) is 22.1 Å². The third-order valence-electron chi connectivity index (χ3n) is 8.10. The van der Waals surface area contributed by atoms with E-state index in [1.54, 1.807) is 11.9 Å². The van der Waals surface area contributed by atoms with Crippen LogP contribution in [0.5, 0.6) is 0 Å². The predicted molar refractivity (Wildman–Crippen MR) is 169 cm³/mol. The zero-order valence-electron chi connectivity index (χ0n) is 27.0. The first kappa shape index (κ1) is 31.5. The molecule has 3 aliphatic rings. The van der Waals surface area contributed by atoms with E-state index in [4.69, 9.17) is 14.5 Å². The number of esters is 1. The fraction of sp³-hybridized carbons (Fsp3) is 0.562. The number of nitrogens with one attached hydrogen (secondary N) is 3. The summed E-state index contributed by atoms with van der Waals surface area (Å²) in [5.74, 6) is 0.0822. The number of benzene rings is 1. The average molecular weight is 607 g/mol. The van der Waals surface area contributed by atoms with E-state index in [-0.39, 0.29) is 24.6 Å². The molecule has 3 N–H and O–H groups in total. The summed E-state index contributed by atoms with van der Waals surface area (Å²) in [7, 11) is 2.16. The van der Waals surface area contributed by atoms with Crippen molar-refractivity contribution in [1.29, 1.82) is 0 Å². The van der Waals surface area contributed by atoms with Crippen molar-refractivity contribution in [2.75, 3.05) is 63.1 Å². The Morgan fingerprint density at radius 3 is 2.48 bits per heavy atom. The molecule has 1 unspecified atom stereocenters. The van der Waals surface area contributed by atoms with Gasteiger partial charge in [0.15, 0.2) is 0 Å². The normalized spacial score (nSPS) is 19.8. The number of piperazine rings is 1. The highest BCUT2D eigenvalue weighted by molar-refractivity contribution is 5.90. The number of hydrogen-bond donors (Lipinski definition) is 3. The smallest absolute Gasteiger partial charge is 0.407 e. The van der Waals surface area contributed by atoms with Gasteiger partial charge in [-0.1, -0.05) is 13.8 Å². The van der Waals surface area contributed by atoms with Crippen molar-refractivity contribution in [3.63, 3.8) is 0 Å². The molecule has 12 nitrogen and oxygen atoms in total. The first-order chi connectivity index (χ1) is 20.8. The van der Waals surface area contributed by atoms with Crippen LogP contribution >= 0.6 is 0 Å². The molecule has 1 aromatic carbocycles. The number of likely N-dealkylation sites (N-methyl/N-ethyl adjacent to an activating group) is 1. The summed E-state index contributed by atoms with van der Waals surface area (Å²) in [5, 5.41) is 7.92. The van der Waals surface area contributed by atoms with Gasteiger partial charge in [0.05, 0.1) is 24.9 Å². The number of amides is 1. The standard InChI is InChI=1S/C32H46N8O4/c1-8-43-28(41)27-24-26(37-40(27)14-13-33-30(42)44-31(2,3)4)25-21(19-32(24,5)6)20-34-29(36-25)35-22-9-11-23(12-10-22)39-17-15-38(7)16-18-39/h9-12,20,26,37H,8,13-19H2,1-7H3,(H,33,42)(H,34,35,36). The Morgan fingerprint density at radius 1 is 1.11 bits per heavy atom. The van der Waals surface area contributed by atoms with Gasteiger partial charge in [-0.05, 0) is 82.0 Å². The Balaban J connectivity index is 1.36. The molecule has 1 aromatic heterocycles. The monoisotopic (exact) mass is 606 g/mol. The lowest BCUT2D eigenvalue weighted by Gasteiger charge is -2.36. The van der Waals surface area contributed by atoms with Crippen LogP contribution in [0, 0.1) is 5.41 Å². The molecule has 12 heteroatoms. The number of nitrogens with zero attached hydrogens (tertiary/aromatic N) is 5. The lowest BCUT2D eigenvalue weighted by molar-refractivity contribution is -0.140. The van der Waals surface area contributed by atoms with Crippen molar-refractivity contribution >= 4 is 29.4 Å². The van der Waals surface area contributed by atoms with Crippen molar-refractivity contribution in [2.45, 2.75) is 59.6 Å². The number of rotatable bonds is 8. The van der Waals surface area contributed by atoms with Crippen LogP contribution in [-0.2, 0) is 20.7 Å². The summed E-state index contributed by atoms with van der Waals surface area (Å²) in [5.41, 5.74) is 7.85. The van der Waals surface area contributed by atoms with Gasteiger partial charge in [0.2, 0.25) is 5.95 Å². The zero-order valence-corrected chi connectivity index (χ0v) is 27.0. The molecule has 0 saturated carbocycles. The first-order valence-corrected chi connectivity index (χ1v) is 15.4. The molecule has 2 aromatic rings. The average Bonchev–Trinajstić information content (AvgIpc) is 3.34.